The van der Waals surface area contributed by atoms with Gasteiger partial charge in [0.05, 0.1) is 6.54 Å². The molecule has 128 valence electrons. The molecule has 1 aromatic heterocycles. The quantitative estimate of drug-likeness (QED) is 0.777. The second kappa shape index (κ2) is 7.34. The molecular weight excluding hydrogens is 312 g/mol. The molecule has 0 spiro atoms. The average Bonchev–Trinajstić information content (AvgIpc) is 2.59. The first-order chi connectivity index (χ1) is 12.0. The number of H-pyrrole nitrogens is 1. The maximum absolute atomic E-state index is 12.4. The summed E-state index contributed by atoms with van der Waals surface area (Å²) in [6.45, 7) is 4.45. The van der Waals surface area contributed by atoms with Crippen LogP contribution in [0.5, 0.6) is 0 Å². The lowest BCUT2D eigenvalue weighted by molar-refractivity contribution is -0.129. The summed E-state index contributed by atoms with van der Waals surface area (Å²) in [6.07, 6.45) is 0.769. The first-order valence-corrected chi connectivity index (χ1v) is 8.45. The first-order valence-electron chi connectivity index (χ1n) is 8.45. The van der Waals surface area contributed by atoms with Crippen LogP contribution in [0, 0.1) is 6.92 Å². The van der Waals surface area contributed by atoms with E-state index in [1.807, 2.05) is 61.5 Å². The van der Waals surface area contributed by atoms with Gasteiger partial charge in [-0.05, 0) is 42.0 Å². The standard InChI is InChI=1S/C21H22N2O2/c1-15-8-9-18-13-19(21(25)22-20(18)12-15)14-23(16(2)24)11-10-17-6-4-3-5-7-17/h3-9,12-13H,10-11,14H2,1-2H3,(H,22,25). The summed E-state index contributed by atoms with van der Waals surface area (Å²) in [5.74, 6) is -0.0284. The van der Waals surface area contributed by atoms with Crippen LogP contribution in [-0.4, -0.2) is 22.3 Å². The molecule has 0 unspecified atom stereocenters. The van der Waals surface area contributed by atoms with Crippen molar-refractivity contribution in [3.8, 4) is 0 Å². The molecule has 0 aliphatic heterocycles. The van der Waals surface area contributed by atoms with Crippen LogP contribution in [-0.2, 0) is 17.8 Å². The maximum Gasteiger partial charge on any atom is 0.253 e. The molecule has 1 heterocycles. The number of rotatable bonds is 5. The highest BCUT2D eigenvalue weighted by atomic mass is 16.2. The number of nitrogens with one attached hydrogen (secondary N) is 1. The van der Waals surface area contributed by atoms with E-state index < -0.39 is 0 Å². The fourth-order valence-corrected chi connectivity index (χ4v) is 2.94. The van der Waals surface area contributed by atoms with Crippen molar-refractivity contribution in [2.24, 2.45) is 0 Å². The Hall–Kier alpha value is -2.88. The van der Waals surface area contributed by atoms with Crippen molar-refractivity contribution < 1.29 is 4.79 Å². The number of carbonyl (C=O) groups excluding carboxylic acids is 1. The van der Waals surface area contributed by atoms with Gasteiger partial charge in [-0.3, -0.25) is 9.59 Å². The number of benzene rings is 2. The Kier molecular flexibility index (Phi) is 4.98. The van der Waals surface area contributed by atoms with E-state index in [4.69, 9.17) is 0 Å². The Labute approximate surface area is 147 Å². The molecule has 1 N–H and O–H groups in total. The van der Waals surface area contributed by atoms with Gasteiger partial charge in [0, 0.05) is 24.5 Å². The molecule has 0 fully saturated rings. The molecule has 3 rings (SSSR count). The Balaban J connectivity index is 1.81. The van der Waals surface area contributed by atoms with Gasteiger partial charge in [-0.1, -0.05) is 42.5 Å². The Morgan fingerprint density at radius 2 is 1.84 bits per heavy atom. The van der Waals surface area contributed by atoms with Crippen LogP contribution in [0.25, 0.3) is 10.9 Å². The smallest absolute Gasteiger partial charge is 0.253 e. The molecular formula is C21H22N2O2. The van der Waals surface area contributed by atoms with Crippen LogP contribution in [0.3, 0.4) is 0 Å². The third kappa shape index (κ3) is 4.15. The molecule has 0 aliphatic rings. The number of aryl methyl sites for hydroxylation is 1. The van der Waals surface area contributed by atoms with Crippen LogP contribution < -0.4 is 5.56 Å². The van der Waals surface area contributed by atoms with Crippen molar-refractivity contribution in [2.45, 2.75) is 26.8 Å². The van der Waals surface area contributed by atoms with Crippen LogP contribution in [0.15, 0.2) is 59.4 Å². The fraction of sp³-hybridized carbons (Fsp3) is 0.238. The zero-order valence-corrected chi connectivity index (χ0v) is 14.6. The monoisotopic (exact) mass is 334 g/mol. The van der Waals surface area contributed by atoms with Crippen LogP contribution in [0.4, 0.5) is 0 Å². The largest absolute Gasteiger partial charge is 0.338 e. The predicted molar refractivity (Wildman–Crippen MR) is 101 cm³/mol. The molecule has 4 heteroatoms. The minimum atomic E-state index is -0.135. The summed E-state index contributed by atoms with van der Waals surface area (Å²) in [6, 6.07) is 17.9. The Morgan fingerprint density at radius 3 is 2.56 bits per heavy atom. The lowest BCUT2D eigenvalue weighted by atomic mass is 10.1. The molecule has 3 aromatic rings. The van der Waals surface area contributed by atoms with E-state index in [0.717, 1.165) is 22.9 Å². The lowest BCUT2D eigenvalue weighted by Crippen LogP contribution is -2.32. The number of hydrogen-bond acceptors (Lipinski definition) is 2. The lowest BCUT2D eigenvalue weighted by Gasteiger charge is -2.21. The van der Waals surface area contributed by atoms with E-state index in [-0.39, 0.29) is 11.5 Å². The Bertz CT molecular complexity index is 945. The van der Waals surface area contributed by atoms with Crippen molar-refractivity contribution in [2.75, 3.05) is 6.54 Å². The van der Waals surface area contributed by atoms with Gasteiger partial charge in [0.1, 0.15) is 0 Å². The van der Waals surface area contributed by atoms with E-state index in [1.165, 1.54) is 5.56 Å². The van der Waals surface area contributed by atoms with Gasteiger partial charge in [0.15, 0.2) is 0 Å². The van der Waals surface area contributed by atoms with Crippen molar-refractivity contribution >= 4 is 16.8 Å². The fourth-order valence-electron chi connectivity index (χ4n) is 2.94. The molecule has 4 nitrogen and oxygen atoms in total. The molecule has 0 radical (unpaired) electrons. The maximum atomic E-state index is 12.4. The summed E-state index contributed by atoms with van der Waals surface area (Å²) in [5.41, 5.74) is 3.58. The van der Waals surface area contributed by atoms with Crippen molar-refractivity contribution in [1.82, 2.24) is 9.88 Å². The minimum absolute atomic E-state index is 0.0284. The number of nitrogens with zero attached hydrogens (tertiary/aromatic N) is 1. The summed E-state index contributed by atoms with van der Waals surface area (Å²) < 4.78 is 0. The topological polar surface area (TPSA) is 53.2 Å². The second-order valence-corrected chi connectivity index (χ2v) is 6.39. The molecule has 0 bridgehead atoms. The van der Waals surface area contributed by atoms with E-state index in [0.29, 0.717) is 18.7 Å². The highest BCUT2D eigenvalue weighted by molar-refractivity contribution is 5.80. The summed E-state index contributed by atoms with van der Waals surface area (Å²) in [5, 5.41) is 0.978. The normalized spacial score (nSPS) is 10.8. The zero-order chi connectivity index (χ0) is 17.8. The van der Waals surface area contributed by atoms with E-state index in [1.54, 1.807) is 11.8 Å². The number of fused-ring (bicyclic) bond motifs is 1. The molecule has 0 aliphatic carbocycles. The summed E-state index contributed by atoms with van der Waals surface area (Å²) in [4.78, 5) is 29.0. The molecule has 0 saturated heterocycles. The van der Waals surface area contributed by atoms with Gasteiger partial charge in [-0.15, -0.1) is 0 Å². The number of carbonyl (C=O) groups is 1. The van der Waals surface area contributed by atoms with Gasteiger partial charge < -0.3 is 9.88 Å². The van der Waals surface area contributed by atoms with E-state index in [2.05, 4.69) is 4.98 Å². The third-order valence-electron chi connectivity index (χ3n) is 4.40. The highest BCUT2D eigenvalue weighted by Gasteiger charge is 2.12. The van der Waals surface area contributed by atoms with Gasteiger partial charge >= 0.3 is 0 Å². The SMILES string of the molecule is CC(=O)N(CCc1ccccc1)Cc1cc2ccc(C)cc2[nH]c1=O. The van der Waals surface area contributed by atoms with E-state index >= 15 is 0 Å². The van der Waals surface area contributed by atoms with Crippen LogP contribution >= 0.6 is 0 Å². The third-order valence-corrected chi connectivity index (χ3v) is 4.40. The molecule has 0 saturated carbocycles. The minimum Gasteiger partial charge on any atom is -0.338 e. The molecule has 0 atom stereocenters. The predicted octanol–water partition coefficient (Wildman–Crippen LogP) is 3.43. The molecule has 1 amide bonds. The van der Waals surface area contributed by atoms with Gasteiger partial charge in [0.2, 0.25) is 5.91 Å². The number of aromatic amines is 1. The first kappa shape index (κ1) is 17.0. The van der Waals surface area contributed by atoms with Crippen molar-refractivity contribution in [1.29, 1.82) is 0 Å². The number of aromatic nitrogens is 1. The zero-order valence-electron chi connectivity index (χ0n) is 14.6. The van der Waals surface area contributed by atoms with Crippen LogP contribution in [0.1, 0.15) is 23.6 Å². The molecule has 25 heavy (non-hydrogen) atoms. The van der Waals surface area contributed by atoms with Gasteiger partial charge in [-0.25, -0.2) is 0 Å². The van der Waals surface area contributed by atoms with Gasteiger partial charge in [0.25, 0.3) is 5.56 Å². The van der Waals surface area contributed by atoms with Crippen molar-refractivity contribution in [3.63, 3.8) is 0 Å². The second-order valence-electron chi connectivity index (χ2n) is 6.39. The number of pyridine rings is 1. The highest BCUT2D eigenvalue weighted by Crippen LogP contribution is 2.14. The number of amides is 1. The molecule has 2 aromatic carbocycles. The Morgan fingerprint density at radius 1 is 1.08 bits per heavy atom. The number of hydrogen-bond donors (Lipinski definition) is 1. The van der Waals surface area contributed by atoms with E-state index in [9.17, 15) is 9.59 Å². The summed E-state index contributed by atoms with van der Waals surface area (Å²) in [7, 11) is 0. The van der Waals surface area contributed by atoms with Gasteiger partial charge in [-0.2, -0.15) is 0 Å². The van der Waals surface area contributed by atoms with Crippen molar-refractivity contribution in [3.05, 3.63) is 81.6 Å². The average molecular weight is 334 g/mol. The van der Waals surface area contributed by atoms with Crippen LogP contribution in [0.2, 0.25) is 0 Å². The summed E-state index contributed by atoms with van der Waals surface area (Å²) >= 11 is 0.